The Morgan fingerprint density at radius 2 is 1.57 bits per heavy atom. The highest BCUT2D eigenvalue weighted by Crippen LogP contribution is 2.27. The first-order valence-corrected chi connectivity index (χ1v) is 8.55. The summed E-state index contributed by atoms with van der Waals surface area (Å²) >= 11 is 0. The fourth-order valence-corrected chi connectivity index (χ4v) is 2.48. The first-order valence-electron chi connectivity index (χ1n) is 8.55. The molecule has 150 valence electrons. The second-order valence-corrected chi connectivity index (χ2v) is 5.87. The molecule has 2 aromatic rings. The van der Waals surface area contributed by atoms with Crippen molar-refractivity contribution >= 4 is 17.7 Å². The first kappa shape index (κ1) is 21.2. The third kappa shape index (κ3) is 5.23. The number of halogens is 3. The summed E-state index contributed by atoms with van der Waals surface area (Å²) < 4.78 is 46.6. The van der Waals surface area contributed by atoms with Crippen molar-refractivity contribution in [2.24, 2.45) is 0 Å². The van der Waals surface area contributed by atoms with Crippen LogP contribution in [0.25, 0.3) is 0 Å². The van der Waals surface area contributed by atoms with E-state index in [0.29, 0.717) is 10.9 Å². The molecule has 0 saturated carbocycles. The number of ether oxygens (including phenoxy) is 1. The van der Waals surface area contributed by atoms with Crippen molar-refractivity contribution in [2.45, 2.75) is 25.3 Å². The number of quaternary nitrogens is 1. The average molecular weight is 396 g/mol. The molecular weight excluding hydrogens is 375 g/mol. The van der Waals surface area contributed by atoms with E-state index in [1.807, 2.05) is 0 Å². The Kier molecular flexibility index (Phi) is 7.00. The topological polar surface area (TPSA) is 84.0 Å². The molecule has 6 nitrogen and oxygen atoms in total. The quantitative estimate of drug-likeness (QED) is 0.496. The maximum atomic E-state index is 14.0. The molecule has 0 radical (unpaired) electrons. The highest BCUT2D eigenvalue weighted by molar-refractivity contribution is 5.93. The zero-order valence-corrected chi connectivity index (χ0v) is 15.1. The molecule has 2 aromatic carbocycles. The highest BCUT2D eigenvalue weighted by atomic mass is 19.4. The number of alkyl halides is 3. The molecule has 2 amide bonds. The number of anilines is 1. The summed E-state index contributed by atoms with van der Waals surface area (Å²) in [5, 5.41) is 4.77. The fraction of sp³-hybridized carbons (Fsp3) is 0.263. The van der Waals surface area contributed by atoms with Crippen molar-refractivity contribution in [1.82, 2.24) is 5.32 Å². The minimum Gasteiger partial charge on any atom is -0.460 e. The molecule has 0 fully saturated rings. The highest BCUT2D eigenvalue weighted by Gasteiger charge is 2.67. The molecule has 0 aliphatic heterocycles. The van der Waals surface area contributed by atoms with Crippen molar-refractivity contribution in [3.8, 4) is 0 Å². The van der Waals surface area contributed by atoms with Crippen LogP contribution >= 0.6 is 0 Å². The third-order valence-electron chi connectivity index (χ3n) is 3.87. The van der Waals surface area contributed by atoms with E-state index in [2.05, 4.69) is 10.1 Å². The van der Waals surface area contributed by atoms with Crippen LogP contribution in [0, 0.1) is 0 Å². The van der Waals surface area contributed by atoms with Crippen LogP contribution in [0.5, 0.6) is 0 Å². The van der Waals surface area contributed by atoms with Crippen LogP contribution in [0.2, 0.25) is 0 Å². The lowest BCUT2D eigenvalue weighted by atomic mass is 10.1. The zero-order chi connectivity index (χ0) is 20.6. The van der Waals surface area contributed by atoms with E-state index in [1.165, 1.54) is 19.1 Å². The SMILES string of the molecule is CCOC(=O)[C@](NC(=O)Nc1ccccc1)([NH2+]Cc1ccccc1)C(F)(F)F. The van der Waals surface area contributed by atoms with Crippen molar-refractivity contribution in [2.75, 3.05) is 11.9 Å². The lowest BCUT2D eigenvalue weighted by Crippen LogP contribution is -3.06. The zero-order valence-electron chi connectivity index (χ0n) is 15.1. The Morgan fingerprint density at radius 1 is 1.00 bits per heavy atom. The van der Waals surface area contributed by atoms with Gasteiger partial charge in [-0.15, -0.1) is 0 Å². The van der Waals surface area contributed by atoms with Gasteiger partial charge in [0, 0.05) is 11.3 Å². The maximum absolute atomic E-state index is 14.0. The fourth-order valence-electron chi connectivity index (χ4n) is 2.48. The van der Waals surface area contributed by atoms with Gasteiger partial charge in [-0.1, -0.05) is 48.5 Å². The van der Waals surface area contributed by atoms with Crippen LogP contribution in [-0.4, -0.2) is 30.4 Å². The maximum Gasteiger partial charge on any atom is 0.478 e. The van der Waals surface area contributed by atoms with Crippen LogP contribution in [0.3, 0.4) is 0 Å². The van der Waals surface area contributed by atoms with Gasteiger partial charge in [-0.25, -0.2) is 9.59 Å². The van der Waals surface area contributed by atoms with Gasteiger partial charge in [0.05, 0.1) is 6.61 Å². The lowest BCUT2D eigenvalue weighted by molar-refractivity contribution is -0.757. The van der Waals surface area contributed by atoms with Gasteiger partial charge in [-0.3, -0.25) is 5.32 Å². The number of benzene rings is 2. The summed E-state index contributed by atoms with van der Waals surface area (Å²) in [4.78, 5) is 24.5. The van der Waals surface area contributed by atoms with Crippen molar-refractivity contribution < 1.29 is 32.8 Å². The first-order chi connectivity index (χ1) is 13.3. The van der Waals surface area contributed by atoms with E-state index < -0.39 is 23.8 Å². The number of esters is 1. The molecule has 4 N–H and O–H groups in total. The Balaban J connectivity index is 2.29. The number of amides is 2. The number of nitrogens with one attached hydrogen (secondary N) is 2. The number of carbonyl (C=O) groups excluding carboxylic acids is 2. The van der Waals surface area contributed by atoms with Gasteiger partial charge < -0.3 is 15.4 Å². The molecule has 0 aliphatic carbocycles. The molecule has 0 aliphatic rings. The molecule has 2 rings (SSSR count). The molecule has 0 aromatic heterocycles. The largest absolute Gasteiger partial charge is 0.478 e. The number of nitrogens with two attached hydrogens (primary N) is 1. The molecule has 0 heterocycles. The second-order valence-electron chi connectivity index (χ2n) is 5.87. The van der Waals surface area contributed by atoms with Crippen LogP contribution in [0.1, 0.15) is 12.5 Å². The van der Waals surface area contributed by atoms with Crippen molar-refractivity contribution in [1.29, 1.82) is 0 Å². The molecule has 28 heavy (non-hydrogen) atoms. The second kappa shape index (κ2) is 9.23. The minimum atomic E-state index is -5.11. The monoisotopic (exact) mass is 396 g/mol. The normalized spacial score (nSPS) is 13.3. The average Bonchev–Trinajstić information content (AvgIpc) is 2.66. The number of rotatable bonds is 7. The lowest BCUT2D eigenvalue weighted by Gasteiger charge is -2.31. The van der Waals surface area contributed by atoms with E-state index in [9.17, 15) is 22.8 Å². The van der Waals surface area contributed by atoms with Gasteiger partial charge in [0.2, 0.25) is 0 Å². The van der Waals surface area contributed by atoms with Gasteiger partial charge in [-0.2, -0.15) is 13.2 Å². The summed E-state index contributed by atoms with van der Waals surface area (Å²) in [7, 11) is 0. The van der Waals surface area contributed by atoms with E-state index in [-0.39, 0.29) is 18.8 Å². The number of urea groups is 1. The predicted molar refractivity (Wildman–Crippen MR) is 96.1 cm³/mol. The molecule has 9 heteroatoms. The van der Waals surface area contributed by atoms with Crippen LogP contribution in [-0.2, 0) is 16.1 Å². The summed E-state index contributed by atoms with van der Waals surface area (Å²) in [6.45, 7) is 0.920. The molecule has 0 saturated heterocycles. The number of hydrogen-bond donors (Lipinski definition) is 3. The van der Waals surface area contributed by atoms with Gasteiger partial charge >= 0.3 is 23.8 Å². The molecular formula is C19H21F3N3O3+. The Labute approximate surface area is 160 Å². The summed E-state index contributed by atoms with van der Waals surface area (Å²) in [6, 6.07) is 15.0. The van der Waals surface area contributed by atoms with E-state index in [4.69, 9.17) is 0 Å². The number of carbonyl (C=O) groups is 2. The van der Waals surface area contributed by atoms with E-state index in [0.717, 1.165) is 0 Å². The predicted octanol–water partition coefficient (Wildman–Crippen LogP) is 2.39. The summed E-state index contributed by atoms with van der Waals surface area (Å²) in [6.07, 6.45) is -5.11. The van der Waals surface area contributed by atoms with Crippen LogP contribution in [0.4, 0.5) is 23.7 Å². The van der Waals surface area contributed by atoms with Gasteiger partial charge in [0.15, 0.2) is 0 Å². The molecule has 1 atom stereocenters. The van der Waals surface area contributed by atoms with Gasteiger partial charge in [0.25, 0.3) is 0 Å². The Hall–Kier alpha value is -3.07. The third-order valence-corrected chi connectivity index (χ3v) is 3.87. The van der Waals surface area contributed by atoms with E-state index >= 15 is 0 Å². The summed E-state index contributed by atoms with van der Waals surface area (Å²) in [5.74, 6) is -1.60. The van der Waals surface area contributed by atoms with E-state index in [1.54, 1.807) is 53.8 Å². The van der Waals surface area contributed by atoms with Crippen LogP contribution < -0.4 is 16.0 Å². The molecule has 0 bridgehead atoms. The van der Waals surface area contributed by atoms with Crippen molar-refractivity contribution in [3.05, 3.63) is 66.2 Å². The number of para-hydroxylation sites is 1. The molecule has 0 unspecified atom stereocenters. The van der Waals surface area contributed by atoms with Gasteiger partial charge in [-0.05, 0) is 19.1 Å². The van der Waals surface area contributed by atoms with Gasteiger partial charge in [0.1, 0.15) is 6.54 Å². The van der Waals surface area contributed by atoms with Crippen molar-refractivity contribution in [3.63, 3.8) is 0 Å². The minimum absolute atomic E-state index is 0.204. The smallest absolute Gasteiger partial charge is 0.460 e. The summed E-state index contributed by atoms with van der Waals surface area (Å²) in [5.41, 5.74) is -2.47. The Morgan fingerprint density at radius 3 is 2.11 bits per heavy atom. The van der Waals surface area contributed by atoms with Crippen LogP contribution in [0.15, 0.2) is 60.7 Å². The Bertz CT molecular complexity index is 785. The number of hydrogen-bond acceptors (Lipinski definition) is 3. The molecule has 0 spiro atoms. The standard InChI is InChI=1S/C19H20F3N3O3/c1-2-28-16(26)18(19(20,21)22,23-13-14-9-5-3-6-10-14)25-17(27)24-15-11-7-4-8-12-15/h3-12,23H,2,13H2,1H3,(H2,24,25,27)/p+1/t18-/m1/s1.